The van der Waals surface area contributed by atoms with E-state index < -0.39 is 10.0 Å². The second-order valence-electron chi connectivity index (χ2n) is 7.47. The molecule has 3 aliphatic rings. The molecule has 2 heterocycles. The topological polar surface area (TPSA) is 58.2 Å². The van der Waals surface area contributed by atoms with E-state index in [0.717, 1.165) is 18.4 Å². The zero-order valence-electron chi connectivity index (χ0n) is 14.7. The molecule has 1 aliphatic carbocycles. The molecule has 26 heavy (non-hydrogen) atoms. The number of fused-ring (bicyclic) bond motifs is 2. The van der Waals surface area contributed by atoms with Gasteiger partial charge in [-0.3, -0.25) is 0 Å². The quantitative estimate of drug-likeness (QED) is 0.846. The van der Waals surface area contributed by atoms with Crippen LogP contribution in [-0.2, 0) is 16.4 Å². The van der Waals surface area contributed by atoms with Gasteiger partial charge >= 0.3 is 0 Å². The highest BCUT2D eigenvalue weighted by atomic mass is 32.2. The number of hydrogen-bond acceptors (Lipinski definition) is 3. The zero-order valence-corrected chi connectivity index (χ0v) is 15.5. The molecule has 3 fully saturated rings. The lowest BCUT2D eigenvalue weighted by Crippen LogP contribution is -2.67. The van der Waals surface area contributed by atoms with Crippen LogP contribution < -0.4 is 10.0 Å². The first-order valence-corrected chi connectivity index (χ1v) is 10.9. The van der Waals surface area contributed by atoms with E-state index in [-0.39, 0.29) is 17.9 Å². The van der Waals surface area contributed by atoms with Crippen LogP contribution in [0.25, 0.3) is 11.1 Å². The van der Waals surface area contributed by atoms with Crippen molar-refractivity contribution in [2.24, 2.45) is 5.92 Å². The third-order valence-electron chi connectivity index (χ3n) is 5.52. The first-order chi connectivity index (χ1) is 12.4. The van der Waals surface area contributed by atoms with Crippen LogP contribution >= 0.6 is 0 Å². The molecule has 2 aliphatic heterocycles. The molecule has 4 nitrogen and oxygen atoms in total. The lowest BCUT2D eigenvalue weighted by atomic mass is 9.68. The molecule has 0 aromatic heterocycles. The summed E-state index contributed by atoms with van der Waals surface area (Å²) in [4.78, 5) is 0. The van der Waals surface area contributed by atoms with Crippen LogP contribution in [0.4, 0.5) is 4.39 Å². The fourth-order valence-electron chi connectivity index (χ4n) is 4.25. The maximum Gasteiger partial charge on any atom is 0.209 e. The standard InChI is InChI=1S/C20H23FN2O2S/c1-26(24,25)23-20-15-10-16(11-15)22-18(20)12-14-8-5-9-17(19(14)21)13-6-3-2-4-7-13/h2-9,15-16,18,20,22-23H,10-12H2,1H3/t15?,16?,18-,20-/m0/s1. The SMILES string of the molecule is CS(=O)(=O)N[C@H]1C2CC(C2)N[C@H]1Cc1cccc(-c2ccccc2)c1F. The van der Waals surface area contributed by atoms with Gasteiger partial charge in [0.05, 0.1) is 6.26 Å². The summed E-state index contributed by atoms with van der Waals surface area (Å²) in [6.45, 7) is 0. The minimum atomic E-state index is -3.30. The van der Waals surface area contributed by atoms with Crippen LogP contribution in [0.3, 0.4) is 0 Å². The van der Waals surface area contributed by atoms with Crippen LogP contribution in [0.1, 0.15) is 18.4 Å². The van der Waals surface area contributed by atoms with Gasteiger partial charge in [-0.15, -0.1) is 0 Å². The molecule has 2 bridgehead atoms. The maximum atomic E-state index is 15.1. The van der Waals surface area contributed by atoms with Gasteiger partial charge in [0.15, 0.2) is 0 Å². The second kappa shape index (κ2) is 6.76. The monoisotopic (exact) mass is 374 g/mol. The van der Waals surface area contributed by atoms with Gasteiger partial charge in [0.2, 0.25) is 10.0 Å². The van der Waals surface area contributed by atoms with Crippen molar-refractivity contribution in [3.63, 3.8) is 0 Å². The number of rotatable bonds is 5. The van der Waals surface area contributed by atoms with Crippen LogP contribution in [0, 0.1) is 11.7 Å². The number of benzene rings is 2. The van der Waals surface area contributed by atoms with Crippen LogP contribution in [0.15, 0.2) is 48.5 Å². The summed E-state index contributed by atoms with van der Waals surface area (Å²) in [5, 5.41) is 3.50. The molecular weight excluding hydrogens is 351 g/mol. The lowest BCUT2D eigenvalue weighted by molar-refractivity contribution is 0.0809. The number of piperidine rings is 2. The summed E-state index contributed by atoms with van der Waals surface area (Å²) < 4.78 is 41.4. The van der Waals surface area contributed by atoms with Gasteiger partial charge in [0.25, 0.3) is 0 Å². The highest BCUT2D eigenvalue weighted by Crippen LogP contribution is 2.38. The Morgan fingerprint density at radius 1 is 1.12 bits per heavy atom. The normalized spacial score (nSPS) is 27.8. The van der Waals surface area contributed by atoms with E-state index in [1.54, 1.807) is 12.1 Å². The van der Waals surface area contributed by atoms with Crippen molar-refractivity contribution in [2.45, 2.75) is 37.4 Å². The highest BCUT2D eigenvalue weighted by molar-refractivity contribution is 7.88. The summed E-state index contributed by atoms with van der Waals surface area (Å²) in [5.41, 5.74) is 2.04. The Morgan fingerprint density at radius 3 is 2.54 bits per heavy atom. The predicted molar refractivity (Wildman–Crippen MR) is 101 cm³/mol. The van der Waals surface area contributed by atoms with Crippen LogP contribution in [0.2, 0.25) is 0 Å². The summed E-state index contributed by atoms with van der Waals surface area (Å²) in [5.74, 6) is 0.110. The average Bonchev–Trinajstić information content (AvgIpc) is 2.56. The van der Waals surface area contributed by atoms with E-state index in [4.69, 9.17) is 0 Å². The van der Waals surface area contributed by atoms with Gasteiger partial charge in [-0.1, -0.05) is 48.5 Å². The Kier molecular flexibility index (Phi) is 4.59. The molecule has 2 aromatic carbocycles. The van der Waals surface area contributed by atoms with Gasteiger partial charge < -0.3 is 5.32 Å². The molecule has 2 N–H and O–H groups in total. The summed E-state index contributed by atoms with van der Waals surface area (Å²) in [7, 11) is -3.30. The Bertz CT molecular complexity index is 895. The van der Waals surface area contributed by atoms with Crippen molar-refractivity contribution < 1.29 is 12.8 Å². The highest BCUT2D eigenvalue weighted by Gasteiger charge is 2.46. The van der Waals surface area contributed by atoms with Gasteiger partial charge in [0.1, 0.15) is 5.82 Å². The molecule has 0 radical (unpaired) electrons. The second-order valence-corrected chi connectivity index (χ2v) is 9.25. The number of hydrogen-bond donors (Lipinski definition) is 2. The molecule has 1 saturated carbocycles. The number of sulfonamides is 1. The third kappa shape index (κ3) is 3.54. The van der Waals surface area contributed by atoms with Crippen LogP contribution in [-0.4, -0.2) is 32.8 Å². The smallest absolute Gasteiger partial charge is 0.209 e. The molecule has 5 rings (SSSR count). The van der Waals surface area contributed by atoms with Crippen molar-refractivity contribution in [3.8, 4) is 11.1 Å². The lowest BCUT2D eigenvalue weighted by Gasteiger charge is -2.52. The molecule has 2 aromatic rings. The van der Waals surface area contributed by atoms with Crippen molar-refractivity contribution in [1.29, 1.82) is 0 Å². The summed E-state index contributed by atoms with van der Waals surface area (Å²) in [6, 6.07) is 15.1. The van der Waals surface area contributed by atoms with Gasteiger partial charge in [0, 0.05) is 23.7 Å². The van der Waals surface area contributed by atoms with Gasteiger partial charge in [-0.25, -0.2) is 17.5 Å². The first-order valence-electron chi connectivity index (χ1n) is 8.97. The van der Waals surface area contributed by atoms with Crippen LogP contribution in [0.5, 0.6) is 0 Å². The summed E-state index contributed by atoms with van der Waals surface area (Å²) in [6.07, 6.45) is 3.62. The Balaban J connectivity index is 1.60. The fraction of sp³-hybridized carbons (Fsp3) is 0.400. The Morgan fingerprint density at radius 2 is 1.85 bits per heavy atom. The number of halogens is 1. The van der Waals surface area contributed by atoms with Crippen molar-refractivity contribution in [2.75, 3.05) is 6.26 Å². The molecule has 0 amide bonds. The van der Waals surface area contributed by atoms with E-state index in [0.29, 0.717) is 29.5 Å². The molecule has 0 spiro atoms. The zero-order chi connectivity index (χ0) is 18.3. The molecule has 0 unspecified atom stereocenters. The molecular formula is C20H23FN2O2S. The molecule has 2 atom stereocenters. The number of nitrogens with one attached hydrogen (secondary N) is 2. The van der Waals surface area contributed by atoms with E-state index in [1.165, 1.54) is 6.26 Å². The maximum absolute atomic E-state index is 15.1. The fourth-order valence-corrected chi connectivity index (χ4v) is 5.10. The van der Waals surface area contributed by atoms with E-state index in [2.05, 4.69) is 10.0 Å². The summed E-state index contributed by atoms with van der Waals surface area (Å²) >= 11 is 0. The molecule has 6 heteroatoms. The van der Waals surface area contributed by atoms with Crippen molar-refractivity contribution in [3.05, 3.63) is 59.9 Å². The van der Waals surface area contributed by atoms with Crippen molar-refractivity contribution >= 4 is 10.0 Å². The molecule has 138 valence electrons. The minimum Gasteiger partial charge on any atom is -0.309 e. The van der Waals surface area contributed by atoms with Gasteiger partial charge in [-0.05, 0) is 36.3 Å². The molecule has 2 saturated heterocycles. The van der Waals surface area contributed by atoms with Crippen molar-refractivity contribution in [1.82, 2.24) is 10.0 Å². The average molecular weight is 374 g/mol. The van der Waals surface area contributed by atoms with E-state index >= 15 is 4.39 Å². The third-order valence-corrected chi connectivity index (χ3v) is 6.22. The largest absolute Gasteiger partial charge is 0.309 e. The van der Waals surface area contributed by atoms with Gasteiger partial charge in [-0.2, -0.15) is 0 Å². The first kappa shape index (κ1) is 17.6. The predicted octanol–water partition coefficient (Wildman–Crippen LogP) is 2.70. The van der Waals surface area contributed by atoms with E-state index in [1.807, 2.05) is 36.4 Å². The van der Waals surface area contributed by atoms with E-state index in [9.17, 15) is 8.42 Å². The minimum absolute atomic E-state index is 0.0947. The Labute approximate surface area is 153 Å². The Hall–Kier alpha value is -1.76.